The van der Waals surface area contributed by atoms with Crippen LogP contribution in [0.5, 0.6) is 11.5 Å². The van der Waals surface area contributed by atoms with Gasteiger partial charge in [0, 0.05) is 23.7 Å². The van der Waals surface area contributed by atoms with E-state index >= 15 is 0 Å². The number of benzene rings is 1. The lowest BCUT2D eigenvalue weighted by Gasteiger charge is -2.19. The third kappa shape index (κ3) is 2.38. The summed E-state index contributed by atoms with van der Waals surface area (Å²) >= 11 is 0. The number of carboxylic acids is 1. The van der Waals surface area contributed by atoms with Gasteiger partial charge in [-0.05, 0) is 31.9 Å². The fourth-order valence-electron chi connectivity index (χ4n) is 2.68. The Morgan fingerprint density at radius 3 is 2.68 bits per heavy atom. The number of hydrogen-bond acceptors (Lipinski definition) is 4. The van der Waals surface area contributed by atoms with E-state index in [2.05, 4.69) is 5.32 Å². The zero-order valence-electron chi connectivity index (χ0n) is 11.4. The van der Waals surface area contributed by atoms with E-state index in [4.69, 9.17) is 9.84 Å². The molecule has 1 heterocycles. The maximum atomic E-state index is 11.0. The number of phenolic OH excluding ortho intramolecular Hbond substituents is 1. The molecule has 0 aliphatic carbocycles. The summed E-state index contributed by atoms with van der Waals surface area (Å²) in [5.41, 5.74) is 2.37. The molecule has 0 aromatic heterocycles. The van der Waals surface area contributed by atoms with Gasteiger partial charge in [0.2, 0.25) is 0 Å². The van der Waals surface area contributed by atoms with Gasteiger partial charge >= 0.3 is 5.97 Å². The Balaban J connectivity index is 2.36. The SMILES string of the molecule is COc1cc(C)c(C2CC(C(=O)O)CN2)c(O)c1C. The number of methoxy groups -OCH3 is 1. The van der Waals surface area contributed by atoms with Gasteiger partial charge in [0.05, 0.1) is 13.0 Å². The molecule has 1 aliphatic heterocycles. The van der Waals surface area contributed by atoms with Crippen molar-refractivity contribution in [2.45, 2.75) is 26.3 Å². The Morgan fingerprint density at radius 1 is 1.47 bits per heavy atom. The predicted octanol–water partition coefficient (Wildman–Crippen LogP) is 1.75. The van der Waals surface area contributed by atoms with Crippen LogP contribution in [-0.4, -0.2) is 29.8 Å². The number of ether oxygens (including phenoxy) is 1. The fourth-order valence-corrected chi connectivity index (χ4v) is 2.68. The monoisotopic (exact) mass is 265 g/mol. The van der Waals surface area contributed by atoms with Gasteiger partial charge in [-0.25, -0.2) is 0 Å². The number of hydrogen-bond donors (Lipinski definition) is 3. The first-order valence-corrected chi connectivity index (χ1v) is 6.29. The van der Waals surface area contributed by atoms with Crippen molar-refractivity contribution in [3.63, 3.8) is 0 Å². The molecule has 1 fully saturated rings. The minimum atomic E-state index is -0.794. The van der Waals surface area contributed by atoms with Gasteiger partial charge in [-0.2, -0.15) is 0 Å². The Labute approximate surface area is 112 Å². The summed E-state index contributed by atoms with van der Waals surface area (Å²) in [6.07, 6.45) is 0.496. The number of phenols is 1. The lowest BCUT2D eigenvalue weighted by atomic mass is 9.93. The van der Waals surface area contributed by atoms with Crippen molar-refractivity contribution in [3.05, 3.63) is 22.8 Å². The van der Waals surface area contributed by atoms with E-state index in [9.17, 15) is 9.90 Å². The van der Waals surface area contributed by atoms with E-state index in [-0.39, 0.29) is 11.8 Å². The van der Waals surface area contributed by atoms with Crippen molar-refractivity contribution in [3.8, 4) is 11.5 Å². The third-order valence-electron chi connectivity index (χ3n) is 3.80. The van der Waals surface area contributed by atoms with Crippen LogP contribution in [-0.2, 0) is 4.79 Å². The van der Waals surface area contributed by atoms with Crippen molar-refractivity contribution in [1.29, 1.82) is 0 Å². The van der Waals surface area contributed by atoms with E-state index in [1.165, 1.54) is 0 Å². The van der Waals surface area contributed by atoms with E-state index in [0.29, 0.717) is 24.3 Å². The zero-order valence-corrected chi connectivity index (χ0v) is 11.4. The molecule has 2 unspecified atom stereocenters. The summed E-state index contributed by atoms with van der Waals surface area (Å²) < 4.78 is 5.21. The molecule has 3 N–H and O–H groups in total. The van der Waals surface area contributed by atoms with Crippen molar-refractivity contribution < 1.29 is 19.7 Å². The van der Waals surface area contributed by atoms with Crippen LogP contribution in [0, 0.1) is 19.8 Å². The van der Waals surface area contributed by atoms with Gasteiger partial charge in [0.25, 0.3) is 0 Å². The molecule has 2 atom stereocenters. The fraction of sp³-hybridized carbons (Fsp3) is 0.500. The Bertz CT molecular complexity index is 513. The molecule has 1 saturated heterocycles. The molecular weight excluding hydrogens is 246 g/mol. The van der Waals surface area contributed by atoms with Crippen LogP contribution in [0.1, 0.15) is 29.2 Å². The number of carboxylic acid groups (broad SMARTS) is 1. The average Bonchev–Trinajstić information content (AvgIpc) is 2.83. The van der Waals surface area contributed by atoms with Crippen molar-refractivity contribution in [2.24, 2.45) is 5.92 Å². The Hall–Kier alpha value is -1.75. The summed E-state index contributed by atoms with van der Waals surface area (Å²) in [4.78, 5) is 11.0. The second-order valence-electron chi connectivity index (χ2n) is 5.01. The zero-order chi connectivity index (χ0) is 14.2. The molecular formula is C14H19NO4. The second-order valence-corrected chi connectivity index (χ2v) is 5.01. The largest absolute Gasteiger partial charge is 0.507 e. The van der Waals surface area contributed by atoms with Crippen LogP contribution in [0.4, 0.5) is 0 Å². The molecule has 1 aromatic rings. The number of rotatable bonds is 3. The standard InChI is InChI=1S/C14H19NO4/c1-7-4-11(19-3)8(2)13(16)12(7)10-5-9(6-15-10)14(17)18/h4,9-10,15-16H,5-6H2,1-3H3,(H,17,18). The predicted molar refractivity (Wildman–Crippen MR) is 70.6 cm³/mol. The highest BCUT2D eigenvalue weighted by Crippen LogP contribution is 2.40. The summed E-state index contributed by atoms with van der Waals surface area (Å²) in [6.45, 7) is 4.12. The minimum Gasteiger partial charge on any atom is -0.507 e. The van der Waals surface area contributed by atoms with E-state index in [0.717, 1.165) is 11.1 Å². The molecule has 0 radical (unpaired) electrons. The highest BCUT2D eigenvalue weighted by Gasteiger charge is 2.33. The van der Waals surface area contributed by atoms with Crippen LogP contribution >= 0.6 is 0 Å². The van der Waals surface area contributed by atoms with Crippen LogP contribution in [0.3, 0.4) is 0 Å². The lowest BCUT2D eigenvalue weighted by molar-refractivity contribution is -0.141. The van der Waals surface area contributed by atoms with Gasteiger partial charge in [0.1, 0.15) is 11.5 Å². The van der Waals surface area contributed by atoms with Crippen molar-refractivity contribution >= 4 is 5.97 Å². The van der Waals surface area contributed by atoms with Gasteiger partial charge in [-0.1, -0.05) is 0 Å². The summed E-state index contributed by atoms with van der Waals surface area (Å²) in [6, 6.07) is 1.76. The van der Waals surface area contributed by atoms with E-state index < -0.39 is 11.9 Å². The average molecular weight is 265 g/mol. The number of aryl methyl sites for hydroxylation is 1. The maximum Gasteiger partial charge on any atom is 0.307 e. The second kappa shape index (κ2) is 5.09. The summed E-state index contributed by atoms with van der Waals surface area (Å²) in [5.74, 6) is -0.351. The number of aliphatic carboxylic acids is 1. The Morgan fingerprint density at radius 2 is 2.16 bits per heavy atom. The molecule has 0 amide bonds. The molecule has 0 saturated carbocycles. The quantitative estimate of drug-likeness (QED) is 0.776. The normalized spacial score (nSPS) is 22.5. The molecule has 2 rings (SSSR count). The molecule has 104 valence electrons. The van der Waals surface area contributed by atoms with E-state index in [1.807, 2.05) is 13.0 Å². The van der Waals surface area contributed by atoms with Crippen molar-refractivity contribution in [2.75, 3.05) is 13.7 Å². The molecule has 0 bridgehead atoms. The van der Waals surface area contributed by atoms with Gasteiger partial charge in [-0.3, -0.25) is 4.79 Å². The number of aromatic hydroxyl groups is 1. The topological polar surface area (TPSA) is 78.8 Å². The number of nitrogens with one attached hydrogen (secondary N) is 1. The highest BCUT2D eigenvalue weighted by molar-refractivity contribution is 5.71. The van der Waals surface area contributed by atoms with Crippen molar-refractivity contribution in [1.82, 2.24) is 5.32 Å². The van der Waals surface area contributed by atoms with Crippen LogP contribution in [0.25, 0.3) is 0 Å². The van der Waals surface area contributed by atoms with Crippen LogP contribution in [0.15, 0.2) is 6.07 Å². The third-order valence-corrected chi connectivity index (χ3v) is 3.80. The molecule has 1 aromatic carbocycles. The summed E-state index contributed by atoms with van der Waals surface area (Å²) in [7, 11) is 1.56. The Kier molecular flexibility index (Phi) is 3.66. The molecule has 19 heavy (non-hydrogen) atoms. The first kappa shape index (κ1) is 13.7. The molecule has 5 nitrogen and oxygen atoms in total. The first-order chi connectivity index (χ1) is 8.95. The van der Waals surface area contributed by atoms with Gasteiger partial charge < -0.3 is 20.3 Å². The molecule has 0 spiro atoms. The first-order valence-electron chi connectivity index (χ1n) is 6.29. The minimum absolute atomic E-state index is 0.120. The molecule has 1 aliphatic rings. The van der Waals surface area contributed by atoms with Gasteiger partial charge in [-0.15, -0.1) is 0 Å². The lowest BCUT2D eigenvalue weighted by Crippen LogP contribution is -2.17. The van der Waals surface area contributed by atoms with E-state index in [1.54, 1.807) is 14.0 Å². The smallest absolute Gasteiger partial charge is 0.307 e. The highest BCUT2D eigenvalue weighted by atomic mass is 16.5. The maximum absolute atomic E-state index is 11.0. The number of carbonyl (C=O) groups is 1. The van der Waals surface area contributed by atoms with Crippen LogP contribution < -0.4 is 10.1 Å². The van der Waals surface area contributed by atoms with Gasteiger partial charge in [0.15, 0.2) is 0 Å². The summed E-state index contributed by atoms with van der Waals surface area (Å²) in [5, 5.41) is 22.5. The van der Waals surface area contributed by atoms with Crippen LogP contribution in [0.2, 0.25) is 0 Å². The molecule has 5 heteroatoms.